The zero-order valence-electron chi connectivity index (χ0n) is 11.5. The van der Waals surface area contributed by atoms with Crippen LogP contribution in [0.2, 0.25) is 0 Å². The zero-order valence-corrected chi connectivity index (χ0v) is 13.1. The molecule has 1 heterocycles. The lowest BCUT2D eigenvalue weighted by molar-refractivity contribution is 0.399. The van der Waals surface area contributed by atoms with E-state index >= 15 is 0 Å². The van der Waals surface area contributed by atoms with Gasteiger partial charge in [-0.25, -0.2) is 0 Å². The molecule has 0 saturated heterocycles. The van der Waals surface area contributed by atoms with E-state index in [1.807, 2.05) is 12.3 Å². The molecule has 2 rings (SSSR count). The number of pyridine rings is 1. The number of rotatable bonds is 4. The molecule has 1 saturated carbocycles. The van der Waals surface area contributed by atoms with Crippen LogP contribution in [0.5, 0.6) is 0 Å². The summed E-state index contributed by atoms with van der Waals surface area (Å²) in [6.45, 7) is 9.27. The van der Waals surface area contributed by atoms with E-state index in [0.29, 0.717) is 16.7 Å². The Bertz CT molecular complexity index is 411. The summed E-state index contributed by atoms with van der Waals surface area (Å²) in [6, 6.07) is 4.36. The van der Waals surface area contributed by atoms with Crippen molar-refractivity contribution in [2.24, 2.45) is 22.6 Å². The Balaban J connectivity index is 2.10. The molecule has 0 aromatic carbocycles. The Kier molecular flexibility index (Phi) is 3.56. The first-order valence-corrected chi connectivity index (χ1v) is 7.16. The lowest BCUT2D eigenvalue weighted by Gasteiger charge is -2.17. The standard InChI is InChI=1S/C14H22BrN3/c1-13(2)12(14(13,3)4)11(18-16)7-10-6-5-9(15)8-17-10/h5-6,8,11-12,18H,7,16H2,1-4H3. The van der Waals surface area contributed by atoms with Gasteiger partial charge in [-0.3, -0.25) is 16.3 Å². The maximum atomic E-state index is 5.75. The highest BCUT2D eigenvalue weighted by atomic mass is 79.9. The van der Waals surface area contributed by atoms with Gasteiger partial charge >= 0.3 is 0 Å². The number of hydrogen-bond acceptors (Lipinski definition) is 3. The van der Waals surface area contributed by atoms with Gasteiger partial charge in [0.1, 0.15) is 0 Å². The summed E-state index contributed by atoms with van der Waals surface area (Å²) in [5.41, 5.74) is 4.74. The van der Waals surface area contributed by atoms with E-state index in [1.165, 1.54) is 0 Å². The Hall–Kier alpha value is -0.450. The largest absolute Gasteiger partial charge is 0.271 e. The number of halogens is 1. The molecule has 100 valence electrons. The van der Waals surface area contributed by atoms with Crippen LogP contribution < -0.4 is 11.3 Å². The zero-order chi connectivity index (χ0) is 13.6. The van der Waals surface area contributed by atoms with Gasteiger partial charge in [-0.05, 0) is 44.8 Å². The second-order valence-corrected chi connectivity index (χ2v) is 7.28. The maximum absolute atomic E-state index is 5.75. The molecule has 1 atom stereocenters. The Morgan fingerprint density at radius 2 is 1.94 bits per heavy atom. The summed E-state index contributed by atoms with van der Waals surface area (Å²) in [7, 11) is 0. The minimum atomic E-state index is 0.281. The Morgan fingerprint density at radius 1 is 1.33 bits per heavy atom. The van der Waals surface area contributed by atoms with Gasteiger partial charge < -0.3 is 0 Å². The number of aromatic nitrogens is 1. The van der Waals surface area contributed by atoms with Crippen molar-refractivity contribution >= 4 is 15.9 Å². The first kappa shape index (κ1) is 14.0. The number of hydrazine groups is 1. The van der Waals surface area contributed by atoms with Crippen LogP contribution in [0.1, 0.15) is 33.4 Å². The highest BCUT2D eigenvalue weighted by Gasteiger charge is 2.66. The van der Waals surface area contributed by atoms with E-state index in [-0.39, 0.29) is 6.04 Å². The van der Waals surface area contributed by atoms with Gasteiger partial charge in [0.15, 0.2) is 0 Å². The van der Waals surface area contributed by atoms with Crippen molar-refractivity contribution in [1.29, 1.82) is 0 Å². The molecule has 4 heteroatoms. The highest BCUT2D eigenvalue weighted by molar-refractivity contribution is 9.10. The highest BCUT2D eigenvalue weighted by Crippen LogP contribution is 2.69. The summed E-state index contributed by atoms with van der Waals surface area (Å²) in [5, 5.41) is 0. The molecular formula is C14H22BrN3. The van der Waals surface area contributed by atoms with Crippen molar-refractivity contribution < 1.29 is 0 Å². The molecule has 0 amide bonds. The summed E-state index contributed by atoms with van der Waals surface area (Å²) in [5.74, 6) is 6.33. The number of nitrogens with two attached hydrogens (primary N) is 1. The second kappa shape index (κ2) is 4.58. The molecule has 1 aromatic rings. The van der Waals surface area contributed by atoms with Gasteiger partial charge in [-0.15, -0.1) is 0 Å². The van der Waals surface area contributed by atoms with Crippen molar-refractivity contribution in [3.05, 3.63) is 28.5 Å². The molecule has 0 radical (unpaired) electrons. The van der Waals surface area contributed by atoms with E-state index < -0.39 is 0 Å². The molecule has 0 aliphatic heterocycles. The molecule has 1 aliphatic rings. The molecule has 1 unspecified atom stereocenters. The topological polar surface area (TPSA) is 50.9 Å². The molecular weight excluding hydrogens is 290 g/mol. The molecule has 1 aliphatic carbocycles. The van der Waals surface area contributed by atoms with Crippen LogP contribution in [0.3, 0.4) is 0 Å². The monoisotopic (exact) mass is 311 g/mol. The predicted molar refractivity (Wildman–Crippen MR) is 77.8 cm³/mol. The minimum Gasteiger partial charge on any atom is -0.271 e. The van der Waals surface area contributed by atoms with E-state index in [2.05, 4.69) is 60.1 Å². The summed E-state index contributed by atoms with van der Waals surface area (Å²) in [4.78, 5) is 4.43. The first-order chi connectivity index (χ1) is 8.30. The van der Waals surface area contributed by atoms with Crippen molar-refractivity contribution in [3.8, 4) is 0 Å². The molecule has 0 spiro atoms. The van der Waals surface area contributed by atoms with E-state index in [9.17, 15) is 0 Å². The summed E-state index contributed by atoms with van der Waals surface area (Å²) < 4.78 is 1.01. The van der Waals surface area contributed by atoms with Crippen molar-refractivity contribution in [2.75, 3.05) is 0 Å². The SMILES string of the molecule is CC1(C)C(C(Cc2ccc(Br)cn2)NN)C1(C)C. The number of nitrogens with one attached hydrogen (secondary N) is 1. The average molecular weight is 312 g/mol. The van der Waals surface area contributed by atoms with Crippen LogP contribution in [-0.4, -0.2) is 11.0 Å². The summed E-state index contributed by atoms with van der Waals surface area (Å²) >= 11 is 3.40. The lowest BCUT2D eigenvalue weighted by Crippen LogP contribution is -2.40. The fraction of sp³-hybridized carbons (Fsp3) is 0.643. The van der Waals surface area contributed by atoms with Gasteiger partial charge in [0, 0.05) is 28.8 Å². The normalized spacial score (nSPS) is 22.8. The third-order valence-corrected chi connectivity index (χ3v) is 5.44. The van der Waals surface area contributed by atoms with Crippen molar-refractivity contribution in [3.63, 3.8) is 0 Å². The molecule has 1 aromatic heterocycles. The quantitative estimate of drug-likeness (QED) is 0.664. The second-order valence-electron chi connectivity index (χ2n) is 6.37. The number of nitrogens with zero attached hydrogens (tertiary/aromatic N) is 1. The Labute approximate surface area is 118 Å². The molecule has 1 fully saturated rings. The average Bonchev–Trinajstić information content (AvgIpc) is 2.70. The maximum Gasteiger partial charge on any atom is 0.0420 e. The van der Waals surface area contributed by atoms with Crippen LogP contribution in [0, 0.1) is 16.7 Å². The van der Waals surface area contributed by atoms with Gasteiger partial charge in [0.2, 0.25) is 0 Å². The van der Waals surface area contributed by atoms with Crippen LogP contribution in [0.4, 0.5) is 0 Å². The van der Waals surface area contributed by atoms with Crippen molar-refractivity contribution in [2.45, 2.75) is 40.2 Å². The first-order valence-electron chi connectivity index (χ1n) is 6.37. The lowest BCUT2D eigenvalue weighted by atomic mass is 10.00. The third kappa shape index (κ3) is 2.22. The van der Waals surface area contributed by atoms with Gasteiger partial charge in [0.05, 0.1) is 0 Å². The molecule has 18 heavy (non-hydrogen) atoms. The molecule has 3 N–H and O–H groups in total. The Morgan fingerprint density at radius 3 is 2.33 bits per heavy atom. The van der Waals surface area contributed by atoms with E-state index in [1.54, 1.807) is 0 Å². The van der Waals surface area contributed by atoms with Crippen LogP contribution in [-0.2, 0) is 6.42 Å². The van der Waals surface area contributed by atoms with Gasteiger partial charge in [-0.2, -0.15) is 0 Å². The molecule has 3 nitrogen and oxygen atoms in total. The molecule has 0 bridgehead atoms. The van der Waals surface area contributed by atoms with Crippen LogP contribution in [0.25, 0.3) is 0 Å². The third-order valence-electron chi connectivity index (χ3n) is 4.97. The van der Waals surface area contributed by atoms with Crippen molar-refractivity contribution in [1.82, 2.24) is 10.4 Å². The van der Waals surface area contributed by atoms with Crippen LogP contribution >= 0.6 is 15.9 Å². The van der Waals surface area contributed by atoms with Crippen LogP contribution in [0.15, 0.2) is 22.8 Å². The number of hydrogen-bond donors (Lipinski definition) is 2. The smallest absolute Gasteiger partial charge is 0.0420 e. The van der Waals surface area contributed by atoms with E-state index in [0.717, 1.165) is 16.6 Å². The van der Waals surface area contributed by atoms with Gasteiger partial charge in [-0.1, -0.05) is 27.7 Å². The van der Waals surface area contributed by atoms with E-state index in [4.69, 9.17) is 5.84 Å². The van der Waals surface area contributed by atoms with Gasteiger partial charge in [0.25, 0.3) is 0 Å². The predicted octanol–water partition coefficient (Wildman–Crippen LogP) is 2.90. The fourth-order valence-electron chi connectivity index (χ4n) is 3.28. The summed E-state index contributed by atoms with van der Waals surface area (Å²) in [6.07, 6.45) is 2.72. The fourth-order valence-corrected chi connectivity index (χ4v) is 3.51. The minimum absolute atomic E-state index is 0.281.